The summed E-state index contributed by atoms with van der Waals surface area (Å²) >= 11 is 5.90. The lowest BCUT2D eigenvalue weighted by Crippen LogP contribution is -1.98. The van der Waals surface area contributed by atoms with Gasteiger partial charge in [-0.25, -0.2) is 0 Å². The average molecular weight is 351 g/mol. The highest BCUT2D eigenvalue weighted by atomic mass is 35.5. The Balaban J connectivity index is 0.000000196. The first-order valence-electron chi connectivity index (χ1n) is 9.09. The van der Waals surface area contributed by atoms with Crippen LogP contribution in [0.25, 0.3) is 0 Å². The minimum atomic E-state index is 0.535. The molecule has 0 atom stereocenters. The Bertz CT molecular complexity index is 680. The second-order valence-corrected chi connectivity index (χ2v) is 6.53. The van der Waals surface area contributed by atoms with Gasteiger partial charge in [-0.15, -0.1) is 0 Å². The molecule has 0 N–H and O–H groups in total. The first kappa shape index (κ1) is 19.3. The summed E-state index contributed by atoms with van der Waals surface area (Å²) in [6.45, 7) is 4.40. The largest absolute Gasteiger partial charge is 0.0840 e. The second kappa shape index (κ2) is 10.7. The predicted molar refractivity (Wildman–Crippen MR) is 110 cm³/mol. The van der Waals surface area contributed by atoms with Crippen LogP contribution in [-0.4, -0.2) is 0 Å². The highest BCUT2D eigenvalue weighted by Gasteiger charge is 2.10. The lowest BCUT2D eigenvalue weighted by molar-refractivity contribution is 0.777. The molecule has 0 amide bonds. The zero-order chi connectivity index (χ0) is 17.9. The third kappa shape index (κ3) is 6.07. The monoisotopic (exact) mass is 350 g/mol. The molecule has 0 heterocycles. The summed E-state index contributed by atoms with van der Waals surface area (Å²) in [7, 11) is 0. The molecule has 0 aromatic heterocycles. The van der Waals surface area contributed by atoms with E-state index in [2.05, 4.69) is 80.6 Å². The molecule has 0 aliphatic heterocycles. The van der Waals surface area contributed by atoms with Crippen molar-refractivity contribution in [3.05, 3.63) is 107 Å². The summed E-state index contributed by atoms with van der Waals surface area (Å²) in [6, 6.07) is 29.4. The predicted octanol–water partition coefficient (Wildman–Crippen LogP) is 7.52. The zero-order valence-corrected chi connectivity index (χ0v) is 15.9. The fourth-order valence-corrected chi connectivity index (χ4v) is 3.24. The highest BCUT2D eigenvalue weighted by Crippen LogP contribution is 2.27. The van der Waals surface area contributed by atoms with E-state index in [1.807, 2.05) is 18.2 Å². The van der Waals surface area contributed by atoms with Crippen LogP contribution in [0.3, 0.4) is 0 Å². The van der Waals surface area contributed by atoms with Gasteiger partial charge in [0.05, 0.1) is 0 Å². The van der Waals surface area contributed by atoms with E-state index in [1.54, 1.807) is 0 Å². The van der Waals surface area contributed by atoms with Crippen LogP contribution in [0.4, 0.5) is 0 Å². The maximum atomic E-state index is 5.90. The van der Waals surface area contributed by atoms with E-state index in [0.717, 1.165) is 24.3 Å². The third-order valence-electron chi connectivity index (χ3n) is 4.29. The smallest absolute Gasteiger partial charge is 0.0437 e. The van der Waals surface area contributed by atoms with Gasteiger partial charge in [0.15, 0.2) is 0 Å². The van der Waals surface area contributed by atoms with Crippen molar-refractivity contribution in [1.29, 1.82) is 0 Å². The summed E-state index contributed by atoms with van der Waals surface area (Å²) in [5, 5.41) is 0.893. The number of halogens is 1. The SMILES string of the molecule is CCC(c1ccccc1)c1ccccc1.CCCc1ccccc1Cl. The van der Waals surface area contributed by atoms with E-state index in [0.29, 0.717) is 5.92 Å². The van der Waals surface area contributed by atoms with Gasteiger partial charge >= 0.3 is 0 Å². The van der Waals surface area contributed by atoms with Crippen LogP contribution in [0.5, 0.6) is 0 Å². The second-order valence-electron chi connectivity index (χ2n) is 6.12. The molecule has 3 aromatic rings. The molecule has 3 rings (SSSR count). The zero-order valence-electron chi connectivity index (χ0n) is 15.2. The average Bonchev–Trinajstić information content (AvgIpc) is 2.67. The van der Waals surface area contributed by atoms with Crippen LogP contribution in [0.15, 0.2) is 84.9 Å². The van der Waals surface area contributed by atoms with Gasteiger partial charge in [0.2, 0.25) is 0 Å². The van der Waals surface area contributed by atoms with Gasteiger partial charge in [-0.1, -0.05) is 111 Å². The van der Waals surface area contributed by atoms with Crippen LogP contribution in [0.1, 0.15) is 49.3 Å². The Hall–Kier alpha value is -2.05. The van der Waals surface area contributed by atoms with E-state index in [4.69, 9.17) is 11.6 Å². The molecule has 25 heavy (non-hydrogen) atoms. The lowest BCUT2D eigenvalue weighted by atomic mass is 9.89. The number of aryl methyl sites for hydroxylation is 1. The molecule has 0 nitrogen and oxygen atoms in total. The summed E-state index contributed by atoms with van der Waals surface area (Å²) in [5.74, 6) is 0.535. The maximum Gasteiger partial charge on any atom is 0.0437 e. The Kier molecular flexibility index (Phi) is 8.28. The molecule has 0 saturated heterocycles. The first-order valence-corrected chi connectivity index (χ1v) is 9.47. The number of rotatable bonds is 5. The van der Waals surface area contributed by atoms with Gasteiger partial charge in [-0.3, -0.25) is 0 Å². The normalized spacial score (nSPS) is 10.2. The number of hydrogen-bond acceptors (Lipinski definition) is 0. The Morgan fingerprint density at radius 2 is 1.16 bits per heavy atom. The van der Waals surface area contributed by atoms with Crippen LogP contribution in [-0.2, 0) is 6.42 Å². The quantitative estimate of drug-likeness (QED) is 0.446. The topological polar surface area (TPSA) is 0 Å². The molecule has 0 aliphatic carbocycles. The lowest BCUT2D eigenvalue weighted by Gasteiger charge is -2.15. The molecule has 130 valence electrons. The van der Waals surface area contributed by atoms with Crippen molar-refractivity contribution in [3.8, 4) is 0 Å². The maximum absolute atomic E-state index is 5.90. The van der Waals surface area contributed by atoms with Gasteiger partial charge < -0.3 is 0 Å². The first-order chi connectivity index (χ1) is 12.3. The molecular formula is C24H27Cl. The molecule has 1 heteroatoms. The summed E-state index contributed by atoms with van der Waals surface area (Å²) in [6.07, 6.45) is 3.39. The minimum absolute atomic E-state index is 0.535. The summed E-state index contributed by atoms with van der Waals surface area (Å²) in [4.78, 5) is 0. The molecule has 0 unspecified atom stereocenters. The van der Waals surface area contributed by atoms with Gasteiger partial charge in [-0.05, 0) is 35.6 Å². The van der Waals surface area contributed by atoms with E-state index in [1.165, 1.54) is 16.7 Å². The minimum Gasteiger partial charge on any atom is -0.0840 e. The van der Waals surface area contributed by atoms with E-state index in [9.17, 15) is 0 Å². The molecule has 0 spiro atoms. The van der Waals surface area contributed by atoms with Crippen molar-refractivity contribution in [1.82, 2.24) is 0 Å². The number of benzene rings is 3. The van der Waals surface area contributed by atoms with Crippen LogP contribution < -0.4 is 0 Å². The van der Waals surface area contributed by atoms with Gasteiger partial charge in [0.1, 0.15) is 0 Å². The molecule has 0 bridgehead atoms. The third-order valence-corrected chi connectivity index (χ3v) is 4.66. The highest BCUT2D eigenvalue weighted by molar-refractivity contribution is 6.31. The Morgan fingerprint density at radius 3 is 1.60 bits per heavy atom. The fourth-order valence-electron chi connectivity index (χ4n) is 3.01. The van der Waals surface area contributed by atoms with Crippen molar-refractivity contribution >= 4 is 11.6 Å². The van der Waals surface area contributed by atoms with Gasteiger partial charge in [0, 0.05) is 10.9 Å². The standard InChI is InChI=1S/C15H16.C9H11Cl/c1-2-15(13-9-5-3-6-10-13)14-11-7-4-8-12-14;1-2-5-8-6-3-4-7-9(8)10/h3-12,15H,2H2,1H3;3-4,6-7H,2,5H2,1H3. The summed E-state index contributed by atoms with van der Waals surface area (Å²) < 4.78 is 0. The van der Waals surface area contributed by atoms with E-state index >= 15 is 0 Å². The van der Waals surface area contributed by atoms with Gasteiger partial charge in [0.25, 0.3) is 0 Å². The molecule has 0 fully saturated rings. The number of hydrogen-bond donors (Lipinski definition) is 0. The van der Waals surface area contributed by atoms with Crippen molar-refractivity contribution in [2.75, 3.05) is 0 Å². The Morgan fingerprint density at radius 1 is 0.680 bits per heavy atom. The van der Waals surface area contributed by atoms with Crippen molar-refractivity contribution in [2.24, 2.45) is 0 Å². The van der Waals surface area contributed by atoms with Crippen molar-refractivity contribution < 1.29 is 0 Å². The molecule has 0 radical (unpaired) electrons. The van der Waals surface area contributed by atoms with E-state index in [-0.39, 0.29) is 0 Å². The van der Waals surface area contributed by atoms with Crippen LogP contribution in [0.2, 0.25) is 5.02 Å². The summed E-state index contributed by atoms with van der Waals surface area (Å²) in [5.41, 5.74) is 4.07. The van der Waals surface area contributed by atoms with Crippen molar-refractivity contribution in [3.63, 3.8) is 0 Å². The van der Waals surface area contributed by atoms with Gasteiger partial charge in [-0.2, -0.15) is 0 Å². The van der Waals surface area contributed by atoms with Crippen LogP contribution in [0, 0.1) is 0 Å². The molecule has 3 aromatic carbocycles. The fraction of sp³-hybridized carbons (Fsp3) is 0.250. The van der Waals surface area contributed by atoms with Crippen LogP contribution >= 0.6 is 11.6 Å². The molecule has 0 aliphatic rings. The molecular weight excluding hydrogens is 324 g/mol. The Labute approximate surface area is 157 Å². The van der Waals surface area contributed by atoms with E-state index < -0.39 is 0 Å². The molecule has 0 saturated carbocycles. The van der Waals surface area contributed by atoms with Crippen molar-refractivity contribution in [2.45, 2.75) is 39.0 Å².